The highest BCUT2D eigenvalue weighted by molar-refractivity contribution is 5.20. The molecule has 0 fully saturated rings. The van der Waals surface area contributed by atoms with Gasteiger partial charge in [0, 0.05) is 12.6 Å². The van der Waals surface area contributed by atoms with Crippen LogP contribution in [-0.4, -0.2) is 12.6 Å². The van der Waals surface area contributed by atoms with E-state index >= 15 is 0 Å². The summed E-state index contributed by atoms with van der Waals surface area (Å²) in [5, 5.41) is 0. The van der Waals surface area contributed by atoms with Crippen LogP contribution in [0.4, 0.5) is 0 Å². The molecule has 0 heterocycles. The Morgan fingerprint density at radius 1 is 1.25 bits per heavy atom. The summed E-state index contributed by atoms with van der Waals surface area (Å²) in [6, 6.07) is 10.3. The SMILES string of the molecule is C[C@H](c1ccccc1)C(N)CN. The van der Waals surface area contributed by atoms with Gasteiger partial charge in [-0.25, -0.2) is 0 Å². The molecule has 0 spiro atoms. The van der Waals surface area contributed by atoms with Gasteiger partial charge in [0.05, 0.1) is 0 Å². The summed E-state index contributed by atoms with van der Waals surface area (Å²) in [7, 11) is 0. The van der Waals surface area contributed by atoms with Gasteiger partial charge in [-0.05, 0) is 11.5 Å². The van der Waals surface area contributed by atoms with E-state index < -0.39 is 0 Å². The molecule has 0 aliphatic rings. The number of hydrogen-bond acceptors (Lipinski definition) is 2. The average molecular weight is 164 g/mol. The predicted molar refractivity (Wildman–Crippen MR) is 51.9 cm³/mol. The van der Waals surface area contributed by atoms with Gasteiger partial charge in [-0.15, -0.1) is 0 Å². The summed E-state index contributed by atoms with van der Waals surface area (Å²) < 4.78 is 0. The van der Waals surface area contributed by atoms with Gasteiger partial charge in [-0.1, -0.05) is 37.3 Å². The Morgan fingerprint density at radius 3 is 2.33 bits per heavy atom. The predicted octanol–water partition coefficient (Wildman–Crippen LogP) is 1.08. The minimum absolute atomic E-state index is 0.0624. The second-order valence-corrected chi connectivity index (χ2v) is 3.10. The van der Waals surface area contributed by atoms with Crippen molar-refractivity contribution in [2.24, 2.45) is 11.5 Å². The van der Waals surface area contributed by atoms with Crippen LogP contribution in [0.25, 0.3) is 0 Å². The standard InChI is InChI=1S/C10H16N2/c1-8(10(12)7-11)9-5-3-2-4-6-9/h2-6,8,10H,7,11-12H2,1H3/t8-,10?/m1/s1. The lowest BCUT2D eigenvalue weighted by Gasteiger charge is -2.18. The molecule has 4 N–H and O–H groups in total. The lowest BCUT2D eigenvalue weighted by molar-refractivity contribution is 0.576. The maximum atomic E-state index is 5.82. The van der Waals surface area contributed by atoms with Crippen molar-refractivity contribution in [1.29, 1.82) is 0 Å². The normalized spacial score (nSPS) is 15.6. The van der Waals surface area contributed by atoms with Crippen LogP contribution in [0.5, 0.6) is 0 Å². The fraction of sp³-hybridized carbons (Fsp3) is 0.400. The fourth-order valence-corrected chi connectivity index (χ4v) is 1.21. The number of rotatable bonds is 3. The minimum atomic E-state index is 0.0624. The van der Waals surface area contributed by atoms with Gasteiger partial charge in [0.2, 0.25) is 0 Å². The third-order valence-electron chi connectivity index (χ3n) is 2.24. The molecule has 66 valence electrons. The van der Waals surface area contributed by atoms with E-state index in [1.807, 2.05) is 18.2 Å². The number of nitrogens with two attached hydrogens (primary N) is 2. The first kappa shape index (κ1) is 9.23. The Hall–Kier alpha value is -0.860. The second kappa shape index (κ2) is 4.24. The van der Waals surface area contributed by atoms with Crippen LogP contribution in [0.15, 0.2) is 30.3 Å². The lowest BCUT2D eigenvalue weighted by atomic mass is 9.94. The van der Waals surface area contributed by atoms with Crippen LogP contribution in [0.1, 0.15) is 18.4 Å². The van der Waals surface area contributed by atoms with Crippen LogP contribution >= 0.6 is 0 Å². The van der Waals surface area contributed by atoms with Crippen molar-refractivity contribution >= 4 is 0 Å². The molecule has 0 amide bonds. The Balaban J connectivity index is 2.71. The Morgan fingerprint density at radius 2 is 1.83 bits per heavy atom. The van der Waals surface area contributed by atoms with Crippen LogP contribution < -0.4 is 11.5 Å². The summed E-state index contributed by atoms with van der Waals surface area (Å²) in [5.74, 6) is 0.344. The van der Waals surface area contributed by atoms with Crippen molar-refractivity contribution in [3.05, 3.63) is 35.9 Å². The first-order chi connectivity index (χ1) is 5.75. The molecule has 1 unspecified atom stereocenters. The van der Waals surface area contributed by atoms with Gasteiger partial charge in [0.25, 0.3) is 0 Å². The zero-order valence-electron chi connectivity index (χ0n) is 7.40. The molecule has 0 saturated heterocycles. The Labute approximate surface area is 73.6 Å². The molecule has 0 bridgehead atoms. The minimum Gasteiger partial charge on any atom is -0.329 e. The summed E-state index contributed by atoms with van der Waals surface area (Å²) in [5.41, 5.74) is 12.6. The molecule has 0 radical (unpaired) electrons. The van der Waals surface area contributed by atoms with Gasteiger partial charge < -0.3 is 11.5 Å². The monoisotopic (exact) mass is 164 g/mol. The zero-order chi connectivity index (χ0) is 8.97. The molecule has 2 heteroatoms. The van der Waals surface area contributed by atoms with Crippen molar-refractivity contribution in [1.82, 2.24) is 0 Å². The van der Waals surface area contributed by atoms with Gasteiger partial charge in [-0.3, -0.25) is 0 Å². The van der Waals surface area contributed by atoms with E-state index in [0.29, 0.717) is 12.5 Å². The molecule has 1 aromatic rings. The fourth-order valence-electron chi connectivity index (χ4n) is 1.21. The van der Waals surface area contributed by atoms with E-state index in [9.17, 15) is 0 Å². The van der Waals surface area contributed by atoms with Gasteiger partial charge in [0.15, 0.2) is 0 Å². The highest BCUT2D eigenvalue weighted by Crippen LogP contribution is 2.16. The van der Waals surface area contributed by atoms with Crippen LogP contribution in [-0.2, 0) is 0 Å². The van der Waals surface area contributed by atoms with E-state index in [2.05, 4.69) is 19.1 Å². The van der Waals surface area contributed by atoms with Crippen molar-refractivity contribution in [3.8, 4) is 0 Å². The molecule has 0 saturated carbocycles. The first-order valence-electron chi connectivity index (χ1n) is 4.26. The molecular weight excluding hydrogens is 148 g/mol. The van der Waals surface area contributed by atoms with E-state index in [-0.39, 0.29) is 6.04 Å². The largest absolute Gasteiger partial charge is 0.329 e. The van der Waals surface area contributed by atoms with Crippen molar-refractivity contribution in [2.45, 2.75) is 18.9 Å². The highest BCUT2D eigenvalue weighted by Gasteiger charge is 2.11. The van der Waals surface area contributed by atoms with Crippen LogP contribution in [0, 0.1) is 0 Å². The lowest BCUT2D eigenvalue weighted by Crippen LogP contribution is -2.34. The number of benzene rings is 1. The maximum Gasteiger partial charge on any atom is 0.0230 e. The highest BCUT2D eigenvalue weighted by atomic mass is 14.7. The van der Waals surface area contributed by atoms with E-state index in [1.165, 1.54) is 5.56 Å². The van der Waals surface area contributed by atoms with Gasteiger partial charge in [-0.2, -0.15) is 0 Å². The Kier molecular flexibility index (Phi) is 3.26. The molecule has 0 aliphatic heterocycles. The average Bonchev–Trinajstić information content (AvgIpc) is 2.17. The molecule has 0 aromatic heterocycles. The molecule has 1 rings (SSSR count). The first-order valence-corrected chi connectivity index (χ1v) is 4.26. The molecular formula is C10H16N2. The quantitative estimate of drug-likeness (QED) is 0.702. The van der Waals surface area contributed by atoms with E-state index in [4.69, 9.17) is 11.5 Å². The second-order valence-electron chi connectivity index (χ2n) is 3.10. The topological polar surface area (TPSA) is 52.0 Å². The molecule has 2 atom stereocenters. The van der Waals surface area contributed by atoms with Crippen molar-refractivity contribution in [3.63, 3.8) is 0 Å². The summed E-state index contributed by atoms with van der Waals surface area (Å²) in [6.45, 7) is 2.64. The zero-order valence-corrected chi connectivity index (χ0v) is 7.40. The summed E-state index contributed by atoms with van der Waals surface area (Å²) in [4.78, 5) is 0. The summed E-state index contributed by atoms with van der Waals surface area (Å²) >= 11 is 0. The maximum absolute atomic E-state index is 5.82. The van der Waals surface area contributed by atoms with E-state index in [0.717, 1.165) is 0 Å². The third kappa shape index (κ3) is 2.06. The van der Waals surface area contributed by atoms with E-state index in [1.54, 1.807) is 0 Å². The molecule has 12 heavy (non-hydrogen) atoms. The summed E-state index contributed by atoms with van der Waals surface area (Å²) in [6.07, 6.45) is 0. The van der Waals surface area contributed by atoms with Gasteiger partial charge >= 0.3 is 0 Å². The molecule has 1 aromatic carbocycles. The molecule has 0 aliphatic carbocycles. The third-order valence-corrected chi connectivity index (χ3v) is 2.24. The van der Waals surface area contributed by atoms with Crippen molar-refractivity contribution in [2.75, 3.05) is 6.54 Å². The molecule has 2 nitrogen and oxygen atoms in total. The Bertz CT molecular complexity index is 221. The van der Waals surface area contributed by atoms with Crippen LogP contribution in [0.3, 0.4) is 0 Å². The van der Waals surface area contributed by atoms with Gasteiger partial charge in [0.1, 0.15) is 0 Å². The smallest absolute Gasteiger partial charge is 0.0230 e. The van der Waals surface area contributed by atoms with Crippen LogP contribution in [0.2, 0.25) is 0 Å². The number of hydrogen-bond donors (Lipinski definition) is 2. The van der Waals surface area contributed by atoms with Crippen molar-refractivity contribution < 1.29 is 0 Å².